The predicted molar refractivity (Wildman–Crippen MR) is 123 cm³/mol. The van der Waals surface area contributed by atoms with E-state index in [0.29, 0.717) is 6.54 Å². The van der Waals surface area contributed by atoms with E-state index in [1.165, 1.54) is 38.6 Å². The van der Waals surface area contributed by atoms with Gasteiger partial charge >= 0.3 is 21.7 Å². The molecule has 0 radical (unpaired) electrons. The Morgan fingerprint density at radius 1 is 0.963 bits per heavy atom. The summed E-state index contributed by atoms with van der Waals surface area (Å²) in [5, 5.41) is 2.54. The van der Waals surface area contributed by atoms with Gasteiger partial charge in [-0.05, 0) is 32.8 Å². The summed E-state index contributed by atoms with van der Waals surface area (Å²) in [6.07, 6.45) is 3.28. The molecule has 0 amide bonds. The van der Waals surface area contributed by atoms with Crippen LogP contribution in [-0.2, 0) is 21.7 Å². The van der Waals surface area contributed by atoms with Crippen LogP contribution in [0.5, 0.6) is 0 Å². The molecule has 0 heterocycles. The van der Waals surface area contributed by atoms with E-state index in [0.717, 1.165) is 24.8 Å². The van der Waals surface area contributed by atoms with Crippen LogP contribution in [0.15, 0.2) is 53.1 Å². The number of rotatable bonds is 3. The molecular weight excluding hydrogens is 409 g/mol. The van der Waals surface area contributed by atoms with Gasteiger partial charge in [-0.1, -0.05) is 66.1 Å². The molecule has 4 heteroatoms. The second-order valence-electron chi connectivity index (χ2n) is 6.60. The third-order valence-corrected chi connectivity index (χ3v) is 4.99. The Bertz CT molecular complexity index is 792. The van der Waals surface area contributed by atoms with Gasteiger partial charge in [-0.3, -0.25) is 0 Å². The van der Waals surface area contributed by atoms with E-state index in [2.05, 4.69) is 71.0 Å². The predicted octanol–water partition coefficient (Wildman–Crippen LogP) is 8.22. The summed E-state index contributed by atoms with van der Waals surface area (Å²) in [6, 6.07) is 12.9. The number of halogens is 2. The number of allylic oxidation sites excluding steroid dienone is 4. The Kier molecular flexibility index (Phi) is 14.2. The van der Waals surface area contributed by atoms with Crippen molar-refractivity contribution in [1.82, 2.24) is 0 Å². The van der Waals surface area contributed by atoms with E-state index in [4.69, 9.17) is 5.73 Å². The Hall–Kier alpha value is -0.696. The molecule has 0 saturated carbocycles. The van der Waals surface area contributed by atoms with Crippen LogP contribution in [0.3, 0.4) is 0 Å². The van der Waals surface area contributed by atoms with Crippen molar-refractivity contribution >= 4 is 41.2 Å². The minimum atomic E-state index is 0. The van der Waals surface area contributed by atoms with Crippen LogP contribution in [0, 0.1) is 6.92 Å². The van der Waals surface area contributed by atoms with E-state index in [1.807, 2.05) is 0 Å². The van der Waals surface area contributed by atoms with Crippen LogP contribution >= 0.6 is 24.8 Å². The molecule has 0 bridgehead atoms. The first-order valence-corrected chi connectivity index (χ1v) is 8.86. The fourth-order valence-electron chi connectivity index (χ4n) is 3.17. The molecule has 2 aromatic rings. The minimum absolute atomic E-state index is 0. The van der Waals surface area contributed by atoms with E-state index in [-0.39, 0.29) is 46.5 Å². The monoisotopic (exact) mass is 439 g/mol. The van der Waals surface area contributed by atoms with Crippen LogP contribution in [0.4, 0.5) is 0 Å². The number of hydrogen-bond acceptors (Lipinski definition) is 0. The van der Waals surface area contributed by atoms with Crippen LogP contribution < -0.4 is 0 Å². The van der Waals surface area contributed by atoms with Crippen molar-refractivity contribution in [3.63, 3.8) is 0 Å². The first-order valence-electron chi connectivity index (χ1n) is 8.86. The van der Waals surface area contributed by atoms with E-state index >= 15 is 0 Å². The minimum Gasteiger partial charge on any atom is -0.677 e. The Labute approximate surface area is 192 Å². The summed E-state index contributed by atoms with van der Waals surface area (Å²) in [5.74, 6) is 0. The van der Waals surface area contributed by atoms with Gasteiger partial charge in [0.15, 0.2) is 0 Å². The summed E-state index contributed by atoms with van der Waals surface area (Å²) in [5.41, 5.74) is 14.9. The normalized spacial score (nSPS) is 12.6. The Morgan fingerprint density at radius 3 is 2.07 bits per heavy atom. The first kappa shape index (κ1) is 28.5. The Morgan fingerprint density at radius 2 is 1.59 bits per heavy atom. The topological polar surface area (TPSA) is 23.8 Å². The SMILES string of the molecule is CCCC[NH-].Cl.Cl.[CH2-]c1c(C2=C(C)C(C)=C(C)C2)ccc2ccccc12.[Ti+2]. The number of unbranched alkanes of at least 4 members (excludes halogenated alkanes) is 1. The summed E-state index contributed by atoms with van der Waals surface area (Å²) in [6.45, 7) is 13.7. The number of benzene rings is 2. The van der Waals surface area contributed by atoms with Gasteiger partial charge in [-0.25, -0.2) is 0 Å². The molecule has 1 nitrogen and oxygen atoms in total. The zero-order valence-corrected chi connectivity index (χ0v) is 20.0. The van der Waals surface area contributed by atoms with Crippen LogP contribution in [0.2, 0.25) is 0 Å². The molecule has 0 aliphatic heterocycles. The van der Waals surface area contributed by atoms with Gasteiger partial charge in [-0.15, -0.1) is 47.9 Å². The maximum atomic E-state index is 6.60. The summed E-state index contributed by atoms with van der Waals surface area (Å²) in [7, 11) is 0. The number of fused-ring (bicyclic) bond motifs is 1. The summed E-state index contributed by atoms with van der Waals surface area (Å²) < 4.78 is 0. The first-order chi connectivity index (χ1) is 11.5. The maximum absolute atomic E-state index is 6.60. The van der Waals surface area contributed by atoms with Crippen molar-refractivity contribution < 1.29 is 21.7 Å². The molecule has 0 aromatic heterocycles. The van der Waals surface area contributed by atoms with Gasteiger partial charge in [-0.2, -0.15) is 19.0 Å². The largest absolute Gasteiger partial charge is 2.00 e. The molecule has 0 spiro atoms. The molecule has 0 fully saturated rings. The molecule has 0 saturated heterocycles. The van der Waals surface area contributed by atoms with E-state index < -0.39 is 0 Å². The molecule has 146 valence electrons. The van der Waals surface area contributed by atoms with Gasteiger partial charge in [0.05, 0.1) is 0 Å². The standard InChI is InChI=1S/C19H19.C4H10N.2ClH.Ti/c1-12-11-19(14(3)13(12)2)18-10-9-16-7-5-6-8-17(16)15(18)4;1-2-3-4-5;;;/h5-10H,4,11H2,1-3H3;5H,2-4H2,1H3;2*1H;/q2*-1;;;+2. The molecule has 3 rings (SSSR count). The quantitative estimate of drug-likeness (QED) is 0.339. The van der Waals surface area contributed by atoms with Crippen LogP contribution in [0.25, 0.3) is 22.1 Å². The van der Waals surface area contributed by atoms with Gasteiger partial charge in [0.2, 0.25) is 0 Å². The fourth-order valence-corrected chi connectivity index (χ4v) is 3.17. The Balaban J connectivity index is 0. The molecule has 2 aromatic carbocycles. The second kappa shape index (κ2) is 13.5. The van der Waals surface area contributed by atoms with Crippen molar-refractivity contribution in [2.24, 2.45) is 0 Å². The summed E-state index contributed by atoms with van der Waals surface area (Å²) >= 11 is 0. The third-order valence-electron chi connectivity index (χ3n) is 4.99. The van der Waals surface area contributed by atoms with Crippen molar-refractivity contribution in [3.8, 4) is 0 Å². The zero-order valence-electron chi connectivity index (χ0n) is 16.8. The van der Waals surface area contributed by atoms with E-state index in [1.54, 1.807) is 0 Å². The molecule has 1 aliphatic carbocycles. The van der Waals surface area contributed by atoms with Crippen LogP contribution in [-0.4, -0.2) is 6.54 Å². The second-order valence-corrected chi connectivity index (χ2v) is 6.60. The van der Waals surface area contributed by atoms with Crippen molar-refractivity contribution in [2.75, 3.05) is 6.54 Å². The molecule has 27 heavy (non-hydrogen) atoms. The molecule has 0 atom stereocenters. The van der Waals surface area contributed by atoms with Gasteiger partial charge in [0, 0.05) is 0 Å². The van der Waals surface area contributed by atoms with Gasteiger partial charge in [0.1, 0.15) is 0 Å². The summed E-state index contributed by atoms with van der Waals surface area (Å²) in [4.78, 5) is 0. The average Bonchev–Trinajstić information content (AvgIpc) is 2.84. The zero-order chi connectivity index (χ0) is 17.7. The molecule has 1 N–H and O–H groups in total. The van der Waals surface area contributed by atoms with Crippen LogP contribution in [0.1, 0.15) is 58.1 Å². The maximum Gasteiger partial charge on any atom is 2.00 e. The van der Waals surface area contributed by atoms with Gasteiger partial charge < -0.3 is 5.73 Å². The third kappa shape index (κ3) is 6.70. The van der Waals surface area contributed by atoms with E-state index in [9.17, 15) is 0 Å². The molecular formula is C23H31Cl2NTi. The van der Waals surface area contributed by atoms with Crippen molar-refractivity contribution in [1.29, 1.82) is 0 Å². The average molecular weight is 440 g/mol. The number of nitrogens with one attached hydrogen (secondary N) is 1. The number of hydrogen-bond donors (Lipinski definition) is 0. The molecule has 0 unspecified atom stereocenters. The molecule has 1 aliphatic rings. The van der Waals surface area contributed by atoms with Crippen molar-refractivity contribution in [3.05, 3.63) is 76.9 Å². The smallest absolute Gasteiger partial charge is 0.677 e. The fraction of sp³-hybridized carbons (Fsp3) is 0.348. The van der Waals surface area contributed by atoms with Crippen molar-refractivity contribution in [2.45, 2.75) is 47.0 Å². The van der Waals surface area contributed by atoms with Gasteiger partial charge in [0.25, 0.3) is 0 Å².